The summed E-state index contributed by atoms with van der Waals surface area (Å²) in [5.41, 5.74) is 1.65. The van der Waals surface area contributed by atoms with E-state index in [0.29, 0.717) is 5.56 Å². The van der Waals surface area contributed by atoms with Crippen molar-refractivity contribution in [2.45, 2.75) is 6.61 Å². The van der Waals surface area contributed by atoms with Crippen LogP contribution in [-0.2, 0) is 11.4 Å². The summed E-state index contributed by atoms with van der Waals surface area (Å²) in [5, 5.41) is 14.5. The quantitative estimate of drug-likeness (QED) is 0.473. The highest BCUT2D eigenvalue weighted by Crippen LogP contribution is 2.14. The first-order valence-electron chi connectivity index (χ1n) is 5.79. The van der Waals surface area contributed by atoms with Crippen LogP contribution >= 0.6 is 15.9 Å². The smallest absolute Gasteiger partial charge is 0.269 e. The Morgan fingerprint density at radius 2 is 2.00 bits per heavy atom. The molecule has 5 nitrogen and oxygen atoms in total. The van der Waals surface area contributed by atoms with E-state index in [4.69, 9.17) is 4.84 Å². The zero-order valence-corrected chi connectivity index (χ0v) is 12.0. The molecule has 0 amide bonds. The Morgan fingerprint density at radius 1 is 1.25 bits per heavy atom. The lowest BCUT2D eigenvalue weighted by Gasteiger charge is -2.00. The molecule has 2 aromatic carbocycles. The summed E-state index contributed by atoms with van der Waals surface area (Å²) in [5.74, 6) is 0. The molecule has 0 saturated carbocycles. The molecular formula is C14H11BrN2O3. The molecule has 0 aliphatic heterocycles. The fourth-order valence-electron chi connectivity index (χ4n) is 1.52. The summed E-state index contributed by atoms with van der Waals surface area (Å²) in [6.45, 7) is 0.189. The lowest BCUT2D eigenvalue weighted by molar-refractivity contribution is -0.384. The molecule has 0 bridgehead atoms. The Labute approximate surface area is 124 Å². The Balaban J connectivity index is 1.91. The molecule has 0 fully saturated rings. The van der Waals surface area contributed by atoms with Gasteiger partial charge in [0.05, 0.1) is 11.1 Å². The molecule has 20 heavy (non-hydrogen) atoms. The van der Waals surface area contributed by atoms with E-state index in [-0.39, 0.29) is 12.3 Å². The number of nitrogens with zero attached hydrogens (tertiary/aromatic N) is 2. The highest BCUT2D eigenvalue weighted by Gasteiger charge is 2.05. The Bertz CT molecular complexity index is 627. The van der Waals surface area contributed by atoms with Crippen molar-refractivity contribution in [1.29, 1.82) is 0 Å². The molecule has 0 unspecified atom stereocenters. The van der Waals surface area contributed by atoms with Crippen LogP contribution in [0.3, 0.4) is 0 Å². The van der Waals surface area contributed by atoms with Crippen molar-refractivity contribution in [1.82, 2.24) is 0 Å². The second-order valence-electron chi connectivity index (χ2n) is 3.99. The molecule has 102 valence electrons. The fraction of sp³-hybridized carbons (Fsp3) is 0.0714. The minimum atomic E-state index is -0.436. The number of halogens is 1. The molecule has 0 N–H and O–H groups in total. The summed E-state index contributed by atoms with van der Waals surface area (Å²) in [6, 6.07) is 13.9. The van der Waals surface area contributed by atoms with Crippen molar-refractivity contribution in [3.63, 3.8) is 0 Å². The van der Waals surface area contributed by atoms with Gasteiger partial charge in [0.25, 0.3) is 5.69 Å². The van der Waals surface area contributed by atoms with Crippen molar-refractivity contribution < 1.29 is 9.76 Å². The number of oxime groups is 1. The van der Waals surface area contributed by atoms with Crippen LogP contribution in [0.2, 0.25) is 0 Å². The normalized spacial score (nSPS) is 10.7. The maximum absolute atomic E-state index is 10.6. The van der Waals surface area contributed by atoms with Gasteiger partial charge in [0.1, 0.15) is 6.61 Å². The van der Waals surface area contributed by atoms with Gasteiger partial charge in [0.2, 0.25) is 0 Å². The van der Waals surface area contributed by atoms with E-state index in [9.17, 15) is 10.1 Å². The van der Waals surface area contributed by atoms with Crippen molar-refractivity contribution >= 4 is 27.8 Å². The summed E-state index contributed by atoms with van der Waals surface area (Å²) in [7, 11) is 0. The summed E-state index contributed by atoms with van der Waals surface area (Å²) in [6.07, 6.45) is 1.59. The zero-order chi connectivity index (χ0) is 14.4. The summed E-state index contributed by atoms with van der Waals surface area (Å²) < 4.78 is 0.993. The third-order valence-corrected chi connectivity index (χ3v) is 3.03. The van der Waals surface area contributed by atoms with Gasteiger partial charge >= 0.3 is 0 Å². The second-order valence-corrected chi connectivity index (χ2v) is 4.90. The molecule has 0 radical (unpaired) electrons. The van der Waals surface area contributed by atoms with Gasteiger partial charge in [0, 0.05) is 16.6 Å². The molecule has 0 aliphatic carbocycles. The minimum absolute atomic E-state index is 0.0444. The molecular weight excluding hydrogens is 324 g/mol. The Kier molecular flexibility index (Phi) is 4.84. The molecule has 2 rings (SSSR count). The number of non-ortho nitro benzene ring substituents is 1. The van der Waals surface area contributed by atoms with E-state index >= 15 is 0 Å². The van der Waals surface area contributed by atoms with E-state index in [1.165, 1.54) is 12.1 Å². The number of nitro benzene ring substituents is 1. The zero-order valence-electron chi connectivity index (χ0n) is 10.4. The molecule has 0 spiro atoms. The number of benzene rings is 2. The van der Waals surface area contributed by atoms with Gasteiger partial charge in [-0.15, -0.1) is 0 Å². The van der Waals surface area contributed by atoms with Gasteiger partial charge in [-0.1, -0.05) is 45.4 Å². The highest BCUT2D eigenvalue weighted by molar-refractivity contribution is 9.10. The standard InChI is InChI=1S/C14H11BrN2O3/c15-13-6-4-11(5-7-13)9-16-20-10-12-2-1-3-14(8-12)17(18)19/h1-9H,10H2/b16-9-. The Morgan fingerprint density at radius 3 is 2.70 bits per heavy atom. The molecule has 0 heterocycles. The molecule has 0 saturated heterocycles. The molecule has 0 atom stereocenters. The van der Waals surface area contributed by atoms with Gasteiger partial charge < -0.3 is 4.84 Å². The highest BCUT2D eigenvalue weighted by atomic mass is 79.9. The molecule has 2 aromatic rings. The lowest BCUT2D eigenvalue weighted by Crippen LogP contribution is -1.92. The Hall–Kier alpha value is -2.21. The summed E-state index contributed by atoms with van der Waals surface area (Å²) >= 11 is 3.35. The van der Waals surface area contributed by atoms with Crippen LogP contribution in [0.15, 0.2) is 58.2 Å². The van der Waals surface area contributed by atoms with Gasteiger partial charge in [-0.3, -0.25) is 10.1 Å². The number of nitro groups is 1. The summed E-state index contributed by atoms with van der Waals surface area (Å²) in [4.78, 5) is 15.3. The fourth-order valence-corrected chi connectivity index (χ4v) is 1.78. The lowest BCUT2D eigenvalue weighted by atomic mass is 10.2. The third kappa shape index (κ3) is 4.17. The van der Waals surface area contributed by atoms with Crippen molar-refractivity contribution in [3.05, 3.63) is 74.2 Å². The average molecular weight is 335 g/mol. The van der Waals surface area contributed by atoms with E-state index in [1.54, 1.807) is 18.3 Å². The van der Waals surface area contributed by atoms with Crippen LogP contribution in [0.1, 0.15) is 11.1 Å². The van der Waals surface area contributed by atoms with Crippen LogP contribution in [0.5, 0.6) is 0 Å². The maximum Gasteiger partial charge on any atom is 0.269 e. The van der Waals surface area contributed by atoms with Crippen molar-refractivity contribution in [2.24, 2.45) is 5.16 Å². The van der Waals surface area contributed by atoms with Crippen LogP contribution in [0, 0.1) is 10.1 Å². The predicted molar refractivity (Wildman–Crippen MR) is 79.6 cm³/mol. The van der Waals surface area contributed by atoms with Crippen molar-refractivity contribution in [2.75, 3.05) is 0 Å². The monoisotopic (exact) mass is 334 g/mol. The van der Waals surface area contributed by atoms with Gasteiger partial charge in [0.15, 0.2) is 0 Å². The van der Waals surface area contributed by atoms with Crippen LogP contribution < -0.4 is 0 Å². The number of hydrogen-bond acceptors (Lipinski definition) is 4. The van der Waals surface area contributed by atoms with E-state index in [2.05, 4.69) is 21.1 Å². The first kappa shape index (κ1) is 14.2. The number of hydrogen-bond donors (Lipinski definition) is 0. The first-order valence-corrected chi connectivity index (χ1v) is 6.59. The van der Waals surface area contributed by atoms with Gasteiger partial charge in [-0.05, 0) is 23.3 Å². The average Bonchev–Trinajstić information content (AvgIpc) is 2.46. The minimum Gasteiger partial charge on any atom is -0.391 e. The topological polar surface area (TPSA) is 64.7 Å². The van der Waals surface area contributed by atoms with Crippen LogP contribution in [0.25, 0.3) is 0 Å². The molecule has 0 aliphatic rings. The largest absolute Gasteiger partial charge is 0.391 e. The molecule has 0 aromatic heterocycles. The number of rotatable bonds is 5. The second kappa shape index (κ2) is 6.81. The van der Waals surface area contributed by atoms with E-state index < -0.39 is 4.92 Å². The maximum atomic E-state index is 10.6. The molecule has 6 heteroatoms. The first-order chi connectivity index (χ1) is 9.65. The van der Waals surface area contributed by atoms with Crippen LogP contribution in [-0.4, -0.2) is 11.1 Å². The van der Waals surface area contributed by atoms with E-state index in [0.717, 1.165) is 10.0 Å². The van der Waals surface area contributed by atoms with E-state index in [1.807, 2.05) is 24.3 Å². The van der Waals surface area contributed by atoms with Gasteiger partial charge in [-0.25, -0.2) is 0 Å². The van der Waals surface area contributed by atoms with Crippen molar-refractivity contribution in [3.8, 4) is 0 Å². The third-order valence-electron chi connectivity index (χ3n) is 2.50. The van der Waals surface area contributed by atoms with Crippen LogP contribution in [0.4, 0.5) is 5.69 Å². The van der Waals surface area contributed by atoms with Gasteiger partial charge in [-0.2, -0.15) is 0 Å². The SMILES string of the molecule is O=[N+]([O-])c1cccc(CO/N=C\c2ccc(Br)cc2)c1. The predicted octanol–water partition coefficient (Wildman–Crippen LogP) is 3.91.